The normalized spacial score (nSPS) is 11.0. The van der Waals surface area contributed by atoms with Crippen LogP contribution in [-0.2, 0) is 10.0 Å². The van der Waals surface area contributed by atoms with Gasteiger partial charge in [-0.05, 0) is 25.1 Å². The summed E-state index contributed by atoms with van der Waals surface area (Å²) < 4.78 is 26.5. The number of hydrogen-bond donors (Lipinski definition) is 1. The fraction of sp³-hybridized carbons (Fsp3) is 0.0909. The summed E-state index contributed by atoms with van der Waals surface area (Å²) in [6, 6.07) is 5.80. The highest BCUT2D eigenvalue weighted by Crippen LogP contribution is 2.24. The van der Waals surface area contributed by atoms with Gasteiger partial charge in [0, 0.05) is 11.1 Å². The van der Waals surface area contributed by atoms with Gasteiger partial charge in [0.1, 0.15) is 6.07 Å². The van der Waals surface area contributed by atoms with E-state index >= 15 is 0 Å². The molecular weight excluding hydrogens is 306 g/mol. The van der Waals surface area contributed by atoms with E-state index in [4.69, 9.17) is 16.9 Å². The zero-order chi connectivity index (χ0) is 14.0. The maximum absolute atomic E-state index is 12.1. The topological polar surface area (TPSA) is 82.8 Å². The van der Waals surface area contributed by atoms with Gasteiger partial charge in [-0.3, -0.25) is 4.72 Å². The van der Waals surface area contributed by atoms with Crippen LogP contribution >= 0.6 is 22.9 Å². The average Bonchev–Trinajstić information content (AvgIpc) is 2.73. The molecule has 0 atom stereocenters. The lowest BCUT2D eigenvalue weighted by Crippen LogP contribution is -2.12. The van der Waals surface area contributed by atoms with E-state index in [1.54, 1.807) is 6.20 Å². The molecule has 0 aliphatic carbocycles. The van der Waals surface area contributed by atoms with Gasteiger partial charge in [0.15, 0.2) is 5.13 Å². The third kappa shape index (κ3) is 3.04. The third-order valence-electron chi connectivity index (χ3n) is 2.21. The smallest absolute Gasteiger partial charge is 0.255 e. The Morgan fingerprint density at radius 3 is 2.74 bits per heavy atom. The highest BCUT2D eigenvalue weighted by molar-refractivity contribution is 7.93. The molecule has 0 radical (unpaired) electrons. The number of thiazole rings is 1. The Bertz CT molecular complexity index is 762. The molecule has 98 valence electrons. The minimum atomic E-state index is -3.74. The lowest BCUT2D eigenvalue weighted by atomic mass is 10.2. The minimum absolute atomic E-state index is 0.00986. The second-order valence-corrected chi connectivity index (χ2v) is 6.96. The van der Waals surface area contributed by atoms with Crippen LogP contribution in [0.3, 0.4) is 0 Å². The van der Waals surface area contributed by atoms with Crippen molar-refractivity contribution in [2.24, 2.45) is 0 Å². The predicted molar refractivity (Wildman–Crippen MR) is 73.8 cm³/mol. The first-order chi connectivity index (χ1) is 8.92. The molecule has 0 spiro atoms. The van der Waals surface area contributed by atoms with Crippen molar-refractivity contribution in [1.82, 2.24) is 4.98 Å². The number of hydrogen-bond acceptors (Lipinski definition) is 5. The van der Waals surface area contributed by atoms with E-state index in [0.717, 1.165) is 4.88 Å². The van der Waals surface area contributed by atoms with Crippen LogP contribution in [0.4, 0.5) is 5.13 Å². The summed E-state index contributed by atoms with van der Waals surface area (Å²) >= 11 is 7.05. The fourth-order valence-corrected chi connectivity index (χ4v) is 3.55. The van der Waals surface area contributed by atoms with Crippen molar-refractivity contribution < 1.29 is 8.42 Å². The summed E-state index contributed by atoms with van der Waals surface area (Å²) in [5.74, 6) is 0. The van der Waals surface area contributed by atoms with Crippen LogP contribution < -0.4 is 4.72 Å². The molecule has 0 aliphatic rings. The summed E-state index contributed by atoms with van der Waals surface area (Å²) in [4.78, 5) is 4.81. The second-order valence-electron chi connectivity index (χ2n) is 3.64. The average molecular weight is 314 g/mol. The number of rotatable bonds is 3. The first-order valence-corrected chi connectivity index (χ1v) is 7.75. The van der Waals surface area contributed by atoms with Crippen LogP contribution in [-0.4, -0.2) is 13.4 Å². The molecule has 8 heteroatoms. The molecule has 0 bridgehead atoms. The largest absolute Gasteiger partial charge is 0.263 e. The molecule has 0 fully saturated rings. The lowest BCUT2D eigenvalue weighted by Gasteiger charge is -2.05. The number of aryl methyl sites for hydroxylation is 1. The number of benzene rings is 1. The maximum atomic E-state index is 12.1. The van der Waals surface area contributed by atoms with E-state index in [2.05, 4.69) is 9.71 Å². The first kappa shape index (κ1) is 13.8. The number of nitriles is 1. The van der Waals surface area contributed by atoms with E-state index in [0.29, 0.717) is 0 Å². The van der Waals surface area contributed by atoms with Gasteiger partial charge in [0.25, 0.3) is 10.0 Å². The number of halogens is 1. The van der Waals surface area contributed by atoms with Crippen molar-refractivity contribution in [2.45, 2.75) is 11.8 Å². The number of aromatic nitrogens is 1. The molecule has 5 nitrogen and oxygen atoms in total. The van der Waals surface area contributed by atoms with E-state index < -0.39 is 10.0 Å². The molecule has 19 heavy (non-hydrogen) atoms. The van der Waals surface area contributed by atoms with E-state index in [1.807, 2.05) is 13.0 Å². The first-order valence-electron chi connectivity index (χ1n) is 5.07. The standard InChI is InChI=1S/C11H8ClN3O2S2/c1-7-6-14-11(18-7)15-19(16,17)9-3-2-8(5-13)10(12)4-9/h2-4,6H,1H3,(H,14,15). The van der Waals surface area contributed by atoms with Crippen LogP contribution in [0.2, 0.25) is 5.02 Å². The predicted octanol–water partition coefficient (Wildman–Crippen LogP) is 2.78. The number of anilines is 1. The molecule has 0 unspecified atom stereocenters. The highest BCUT2D eigenvalue weighted by Gasteiger charge is 2.17. The van der Waals surface area contributed by atoms with Crippen LogP contribution in [0.15, 0.2) is 29.3 Å². The van der Waals surface area contributed by atoms with Gasteiger partial charge in [0.05, 0.1) is 15.5 Å². The molecule has 1 heterocycles. The monoisotopic (exact) mass is 313 g/mol. The Morgan fingerprint density at radius 2 is 2.21 bits per heavy atom. The molecule has 0 saturated carbocycles. The van der Waals surface area contributed by atoms with Crippen molar-refractivity contribution in [3.05, 3.63) is 39.9 Å². The van der Waals surface area contributed by atoms with Crippen LogP contribution in [0.25, 0.3) is 0 Å². The molecule has 0 amide bonds. The van der Waals surface area contributed by atoms with Gasteiger partial charge in [-0.25, -0.2) is 13.4 Å². The zero-order valence-corrected chi connectivity index (χ0v) is 12.1. The molecule has 1 aromatic heterocycles. The van der Waals surface area contributed by atoms with Gasteiger partial charge < -0.3 is 0 Å². The zero-order valence-electron chi connectivity index (χ0n) is 9.71. The van der Waals surface area contributed by atoms with Gasteiger partial charge in [-0.1, -0.05) is 11.6 Å². The fourth-order valence-electron chi connectivity index (χ4n) is 1.33. The Hall–Kier alpha value is -1.62. The van der Waals surface area contributed by atoms with Gasteiger partial charge in [-0.15, -0.1) is 11.3 Å². The summed E-state index contributed by atoms with van der Waals surface area (Å²) in [6.45, 7) is 1.83. The van der Waals surface area contributed by atoms with Crippen LogP contribution in [0, 0.1) is 18.3 Å². The minimum Gasteiger partial charge on any atom is -0.255 e. The Kier molecular flexibility index (Phi) is 3.75. The highest BCUT2D eigenvalue weighted by atomic mass is 35.5. The van der Waals surface area contributed by atoms with Crippen LogP contribution in [0.5, 0.6) is 0 Å². The lowest BCUT2D eigenvalue weighted by molar-refractivity contribution is 0.601. The van der Waals surface area contributed by atoms with E-state index in [-0.39, 0.29) is 20.6 Å². The van der Waals surface area contributed by atoms with Crippen molar-refractivity contribution in [2.75, 3.05) is 4.72 Å². The Morgan fingerprint density at radius 1 is 1.47 bits per heavy atom. The van der Waals surface area contributed by atoms with Crippen molar-refractivity contribution in [1.29, 1.82) is 5.26 Å². The quantitative estimate of drug-likeness (QED) is 0.944. The second kappa shape index (κ2) is 5.17. The summed E-state index contributed by atoms with van der Waals surface area (Å²) in [5.41, 5.74) is 0.228. The van der Waals surface area contributed by atoms with E-state index in [9.17, 15) is 8.42 Å². The molecule has 0 aliphatic heterocycles. The Labute approximate surface area is 119 Å². The molecule has 0 saturated heterocycles. The molecule has 1 aromatic carbocycles. The maximum Gasteiger partial charge on any atom is 0.263 e. The number of nitrogens with zero attached hydrogens (tertiary/aromatic N) is 2. The summed E-state index contributed by atoms with van der Waals surface area (Å²) in [6.07, 6.45) is 1.58. The number of sulfonamides is 1. The van der Waals surface area contributed by atoms with Crippen molar-refractivity contribution in [3.63, 3.8) is 0 Å². The SMILES string of the molecule is Cc1cnc(NS(=O)(=O)c2ccc(C#N)c(Cl)c2)s1. The van der Waals surface area contributed by atoms with Gasteiger partial charge in [0.2, 0.25) is 0 Å². The molecule has 1 N–H and O–H groups in total. The molecule has 2 aromatic rings. The van der Waals surface area contributed by atoms with Crippen LogP contribution in [0.1, 0.15) is 10.4 Å². The van der Waals surface area contributed by atoms with Gasteiger partial charge >= 0.3 is 0 Å². The molecular formula is C11H8ClN3O2S2. The third-order valence-corrected chi connectivity index (χ3v) is 4.82. The van der Waals surface area contributed by atoms with E-state index in [1.165, 1.54) is 29.5 Å². The molecule has 2 rings (SSSR count). The summed E-state index contributed by atoms with van der Waals surface area (Å²) in [5, 5.41) is 9.13. The summed E-state index contributed by atoms with van der Waals surface area (Å²) in [7, 11) is -3.74. The number of nitrogens with one attached hydrogen (secondary N) is 1. The van der Waals surface area contributed by atoms with Crippen molar-refractivity contribution in [3.8, 4) is 6.07 Å². The van der Waals surface area contributed by atoms with Gasteiger partial charge in [-0.2, -0.15) is 5.26 Å². The Balaban J connectivity index is 2.35. The van der Waals surface area contributed by atoms with Crippen molar-refractivity contribution >= 4 is 38.1 Å².